The fourth-order valence-electron chi connectivity index (χ4n) is 3.56. The Kier molecular flexibility index (Phi) is 6.49. The highest BCUT2D eigenvalue weighted by Crippen LogP contribution is 2.39. The van der Waals surface area contributed by atoms with Gasteiger partial charge in [0.15, 0.2) is 0 Å². The Balaban J connectivity index is 2.36. The Labute approximate surface area is 184 Å². The quantitative estimate of drug-likeness (QED) is 0.473. The van der Waals surface area contributed by atoms with Crippen LogP contribution < -0.4 is 5.32 Å². The van der Waals surface area contributed by atoms with Gasteiger partial charge in [-0.1, -0.05) is 30.3 Å². The summed E-state index contributed by atoms with van der Waals surface area (Å²) >= 11 is 0. The Morgan fingerprint density at radius 1 is 0.848 bits per heavy atom. The van der Waals surface area contributed by atoms with Gasteiger partial charge in [-0.2, -0.15) is 26.3 Å². The molecule has 0 fully saturated rings. The van der Waals surface area contributed by atoms with Gasteiger partial charge in [-0.25, -0.2) is 4.39 Å². The maximum absolute atomic E-state index is 14.3. The van der Waals surface area contributed by atoms with Crippen molar-refractivity contribution in [2.45, 2.75) is 31.2 Å². The lowest BCUT2D eigenvalue weighted by molar-refractivity contribution is -0.138. The number of amides is 1. The molecule has 10 heteroatoms. The van der Waals surface area contributed by atoms with E-state index in [9.17, 15) is 35.5 Å². The topological polar surface area (TPSA) is 42.0 Å². The van der Waals surface area contributed by atoms with E-state index in [1.54, 1.807) is 30.3 Å². The van der Waals surface area contributed by atoms with Crippen LogP contribution in [-0.4, -0.2) is 10.9 Å². The fourth-order valence-corrected chi connectivity index (χ4v) is 3.56. The van der Waals surface area contributed by atoms with Crippen molar-refractivity contribution in [3.63, 3.8) is 0 Å². The van der Waals surface area contributed by atoms with E-state index in [0.29, 0.717) is 23.8 Å². The second-order valence-corrected chi connectivity index (χ2v) is 7.40. The molecule has 1 amide bonds. The van der Waals surface area contributed by atoms with Crippen molar-refractivity contribution in [2.75, 3.05) is 0 Å². The molecule has 174 valence electrons. The zero-order valence-corrected chi connectivity index (χ0v) is 17.1. The second-order valence-electron chi connectivity index (χ2n) is 7.40. The highest BCUT2D eigenvalue weighted by atomic mass is 19.4. The molecule has 0 aliphatic heterocycles. The summed E-state index contributed by atoms with van der Waals surface area (Å²) in [6.45, 7) is 1.05. The summed E-state index contributed by atoms with van der Waals surface area (Å²) in [6, 6.07) is 11.0. The number of benzene rings is 2. The van der Waals surface area contributed by atoms with Crippen LogP contribution in [0.25, 0.3) is 0 Å². The zero-order valence-electron chi connectivity index (χ0n) is 17.1. The molecule has 2 aromatic carbocycles. The van der Waals surface area contributed by atoms with Crippen LogP contribution in [0.1, 0.15) is 34.9 Å². The summed E-state index contributed by atoms with van der Waals surface area (Å²) in [6.07, 6.45) is -9.18. The minimum atomic E-state index is -4.94. The predicted octanol–water partition coefficient (Wildman–Crippen LogP) is 5.88. The van der Waals surface area contributed by atoms with E-state index in [2.05, 4.69) is 10.3 Å². The number of rotatable bonds is 5. The van der Waals surface area contributed by atoms with E-state index >= 15 is 0 Å². The number of nitrogens with one attached hydrogen (secondary N) is 1. The molecule has 3 nitrogen and oxygen atoms in total. The van der Waals surface area contributed by atoms with Gasteiger partial charge in [0.1, 0.15) is 11.4 Å². The lowest BCUT2D eigenvalue weighted by atomic mass is 9.79. The average molecular weight is 470 g/mol. The molecule has 0 aliphatic rings. The number of carbonyl (C=O) groups is 1. The first kappa shape index (κ1) is 24.2. The third-order valence-corrected chi connectivity index (χ3v) is 4.94. The van der Waals surface area contributed by atoms with E-state index in [1.807, 2.05) is 0 Å². The molecule has 3 aromatic rings. The van der Waals surface area contributed by atoms with E-state index < -0.39 is 52.0 Å². The number of carbonyl (C=O) groups excluding carboxylic acids is 1. The summed E-state index contributed by atoms with van der Waals surface area (Å²) in [5.41, 5.74) is -4.84. The lowest BCUT2D eigenvalue weighted by Crippen LogP contribution is -2.48. The smallest absolute Gasteiger partial charge is 0.341 e. The maximum Gasteiger partial charge on any atom is 0.416 e. The van der Waals surface area contributed by atoms with E-state index in [0.717, 1.165) is 19.2 Å². The summed E-state index contributed by atoms with van der Waals surface area (Å²) in [5, 5.41) is 2.46. The Morgan fingerprint density at radius 2 is 1.45 bits per heavy atom. The number of aromatic nitrogens is 1. The van der Waals surface area contributed by atoms with Crippen molar-refractivity contribution in [3.05, 3.63) is 101 Å². The van der Waals surface area contributed by atoms with Crippen LogP contribution in [0, 0.1) is 5.82 Å². The van der Waals surface area contributed by atoms with Crippen LogP contribution in [0.15, 0.2) is 66.9 Å². The molecule has 1 heterocycles. The first-order valence-electron chi connectivity index (χ1n) is 9.56. The first-order valence-corrected chi connectivity index (χ1v) is 9.56. The molecule has 33 heavy (non-hydrogen) atoms. The molecule has 0 spiro atoms. The van der Waals surface area contributed by atoms with Crippen LogP contribution in [0.2, 0.25) is 0 Å². The SMILES string of the molecule is CC(=O)NC(Cc1ccccc1)(c1cc(F)cc(C(F)(F)F)c1)c1cc(C(F)(F)F)ccn1. The molecule has 1 atom stereocenters. The van der Waals surface area contributed by atoms with Gasteiger partial charge < -0.3 is 5.32 Å². The monoisotopic (exact) mass is 470 g/mol. The molecule has 0 saturated carbocycles. The minimum absolute atomic E-state index is 0.268. The lowest BCUT2D eigenvalue weighted by Gasteiger charge is -2.36. The average Bonchev–Trinajstić information content (AvgIpc) is 2.72. The molecular weight excluding hydrogens is 453 g/mol. The van der Waals surface area contributed by atoms with Crippen molar-refractivity contribution in [1.29, 1.82) is 0 Å². The molecular formula is C23H17F7N2O. The molecule has 0 radical (unpaired) electrons. The van der Waals surface area contributed by atoms with Gasteiger partial charge in [-0.15, -0.1) is 0 Å². The van der Waals surface area contributed by atoms with E-state index in [4.69, 9.17) is 0 Å². The van der Waals surface area contributed by atoms with Crippen molar-refractivity contribution in [3.8, 4) is 0 Å². The number of pyridine rings is 1. The molecule has 0 aliphatic carbocycles. The van der Waals surface area contributed by atoms with Gasteiger partial charge in [0.2, 0.25) is 5.91 Å². The summed E-state index contributed by atoms with van der Waals surface area (Å²) in [5.74, 6) is -2.03. The Morgan fingerprint density at radius 3 is 2.03 bits per heavy atom. The Hall–Kier alpha value is -3.43. The molecule has 3 rings (SSSR count). The summed E-state index contributed by atoms with van der Waals surface area (Å²) < 4.78 is 94.9. The molecule has 1 unspecified atom stereocenters. The number of hydrogen-bond acceptors (Lipinski definition) is 2. The summed E-state index contributed by atoms with van der Waals surface area (Å²) in [4.78, 5) is 16.1. The minimum Gasteiger partial charge on any atom is -0.341 e. The van der Waals surface area contributed by atoms with Gasteiger partial charge >= 0.3 is 12.4 Å². The van der Waals surface area contributed by atoms with Gasteiger partial charge in [0.05, 0.1) is 16.8 Å². The molecule has 1 aromatic heterocycles. The number of halogens is 7. The van der Waals surface area contributed by atoms with Crippen molar-refractivity contribution >= 4 is 5.91 Å². The fraction of sp³-hybridized carbons (Fsp3) is 0.217. The van der Waals surface area contributed by atoms with E-state index in [1.165, 1.54) is 0 Å². The number of nitrogens with zero attached hydrogens (tertiary/aromatic N) is 1. The number of hydrogen-bond donors (Lipinski definition) is 1. The van der Waals surface area contributed by atoms with Gasteiger partial charge in [-0.05, 0) is 41.5 Å². The van der Waals surface area contributed by atoms with Crippen LogP contribution in [0.5, 0.6) is 0 Å². The highest BCUT2D eigenvalue weighted by molar-refractivity contribution is 5.75. The summed E-state index contributed by atoms with van der Waals surface area (Å²) in [7, 11) is 0. The maximum atomic E-state index is 14.3. The zero-order chi connectivity index (χ0) is 24.4. The normalized spacial score (nSPS) is 13.9. The van der Waals surface area contributed by atoms with Crippen LogP contribution in [0.4, 0.5) is 30.7 Å². The largest absolute Gasteiger partial charge is 0.416 e. The number of alkyl halides is 6. The highest BCUT2D eigenvalue weighted by Gasteiger charge is 2.42. The van der Waals surface area contributed by atoms with Crippen LogP contribution in [0.3, 0.4) is 0 Å². The van der Waals surface area contributed by atoms with Crippen LogP contribution >= 0.6 is 0 Å². The standard InChI is InChI=1S/C23H17F7N2O/c1-14(33)32-21(13-15-5-3-2-4-6-15,20-12-16(7-8-31-20)22(25,26)27)17-9-18(23(28,29)30)11-19(24)10-17/h2-12H,13H2,1H3,(H,32,33). The molecule has 0 bridgehead atoms. The van der Waals surface area contributed by atoms with E-state index in [-0.39, 0.29) is 12.5 Å². The van der Waals surface area contributed by atoms with Gasteiger partial charge in [0.25, 0.3) is 0 Å². The Bertz CT molecular complexity index is 1140. The van der Waals surface area contributed by atoms with Crippen LogP contribution in [-0.2, 0) is 29.1 Å². The molecule has 0 saturated heterocycles. The second kappa shape index (κ2) is 8.84. The molecule has 1 N–H and O–H groups in total. The third-order valence-electron chi connectivity index (χ3n) is 4.94. The van der Waals surface area contributed by atoms with Gasteiger partial charge in [0, 0.05) is 19.5 Å². The van der Waals surface area contributed by atoms with Crippen molar-refractivity contribution < 1.29 is 35.5 Å². The predicted molar refractivity (Wildman–Crippen MR) is 105 cm³/mol. The van der Waals surface area contributed by atoms with Crippen molar-refractivity contribution in [1.82, 2.24) is 10.3 Å². The third kappa shape index (κ3) is 5.50. The first-order chi connectivity index (χ1) is 15.3. The van der Waals surface area contributed by atoms with Gasteiger partial charge in [-0.3, -0.25) is 9.78 Å². The van der Waals surface area contributed by atoms with Crippen molar-refractivity contribution in [2.24, 2.45) is 0 Å².